The molecule has 1 rings (SSSR count). The Kier molecular flexibility index (Phi) is 6.18. The van der Waals surface area contributed by atoms with Crippen molar-refractivity contribution in [2.75, 3.05) is 0 Å². The van der Waals surface area contributed by atoms with Crippen molar-refractivity contribution < 1.29 is 0 Å². The quantitative estimate of drug-likeness (QED) is 0.460. The molecule has 0 bridgehead atoms. The zero-order valence-corrected chi connectivity index (χ0v) is 14.0. The van der Waals surface area contributed by atoms with Crippen LogP contribution in [0.5, 0.6) is 0 Å². The summed E-state index contributed by atoms with van der Waals surface area (Å²) in [5, 5.41) is 2.66. The average molecular weight is 306 g/mol. The first-order valence-corrected chi connectivity index (χ1v) is 7.57. The van der Waals surface area contributed by atoms with Gasteiger partial charge >= 0.3 is 0 Å². The number of thiophene rings is 1. The molecule has 0 fully saturated rings. The van der Waals surface area contributed by atoms with Crippen LogP contribution in [0, 0.1) is 0 Å². The Morgan fingerprint density at radius 1 is 1.20 bits per heavy atom. The highest BCUT2D eigenvalue weighted by molar-refractivity contribution is 7.12. The van der Waals surface area contributed by atoms with Gasteiger partial charge in [-0.1, -0.05) is 36.4 Å². The van der Waals surface area contributed by atoms with Crippen molar-refractivity contribution in [3.63, 3.8) is 0 Å². The molecule has 0 atom stereocenters. The summed E-state index contributed by atoms with van der Waals surface area (Å²) in [5.41, 5.74) is 4.61. The minimum Gasteiger partial charge on any atom is -0.247 e. The van der Waals surface area contributed by atoms with Crippen LogP contribution in [0.15, 0.2) is 69.2 Å². The summed E-state index contributed by atoms with van der Waals surface area (Å²) in [6.45, 7) is 15.7. The molecule has 1 aromatic heterocycles. The topological polar surface area (TPSA) is 12.4 Å². The lowest BCUT2D eigenvalue weighted by Gasteiger charge is -2.07. The van der Waals surface area contributed by atoms with E-state index >= 15 is 0 Å². The van der Waals surface area contributed by atoms with Crippen molar-refractivity contribution in [3.8, 4) is 0 Å². The highest BCUT2D eigenvalue weighted by atomic mass is 35.5. The lowest BCUT2D eigenvalue weighted by atomic mass is 10.1. The number of hydrogen-bond acceptors (Lipinski definition) is 2. The maximum atomic E-state index is 6.18. The molecule has 1 heterocycles. The van der Waals surface area contributed by atoms with Gasteiger partial charge in [0, 0.05) is 5.03 Å². The first-order chi connectivity index (χ1) is 9.32. The summed E-state index contributed by atoms with van der Waals surface area (Å²) in [6, 6.07) is 4.06. The number of aliphatic imine (C=N–C) groups is 1. The average Bonchev–Trinajstić information content (AvgIpc) is 2.86. The van der Waals surface area contributed by atoms with Crippen molar-refractivity contribution in [1.29, 1.82) is 0 Å². The lowest BCUT2D eigenvalue weighted by molar-refractivity contribution is 1.24. The van der Waals surface area contributed by atoms with Crippen LogP contribution >= 0.6 is 22.9 Å². The number of halogens is 1. The molecule has 1 nitrogen and oxygen atoms in total. The Hall–Kier alpha value is -1.38. The highest BCUT2D eigenvalue weighted by Gasteiger charge is 2.07. The van der Waals surface area contributed by atoms with Gasteiger partial charge < -0.3 is 0 Å². The van der Waals surface area contributed by atoms with Crippen LogP contribution < -0.4 is 0 Å². The minimum atomic E-state index is 0.622. The molecule has 0 aliphatic carbocycles. The molecule has 0 aliphatic rings. The largest absolute Gasteiger partial charge is 0.247 e. The second-order valence-corrected chi connectivity index (χ2v) is 6.23. The smallest absolute Gasteiger partial charge is 0.0832 e. The summed E-state index contributed by atoms with van der Waals surface area (Å²) in [7, 11) is 0. The standard InChI is InChI=1S/C17H20ClNS/c1-11(2)14(18)10-15(12(3)4)19-17(13(5)6)16-8-7-9-20-16/h7-10H,1,5H2,2-4,6H3/b14-10+,19-17?. The van der Waals surface area contributed by atoms with Crippen LogP contribution in [0.3, 0.4) is 0 Å². The van der Waals surface area contributed by atoms with Gasteiger partial charge in [0.2, 0.25) is 0 Å². The molecule has 0 radical (unpaired) electrons. The van der Waals surface area contributed by atoms with Crippen molar-refractivity contribution in [2.24, 2.45) is 4.99 Å². The Morgan fingerprint density at radius 3 is 2.25 bits per heavy atom. The van der Waals surface area contributed by atoms with E-state index in [0.29, 0.717) is 5.03 Å². The van der Waals surface area contributed by atoms with E-state index in [-0.39, 0.29) is 0 Å². The van der Waals surface area contributed by atoms with Gasteiger partial charge in [0.25, 0.3) is 0 Å². The third-order valence-corrected chi connectivity index (χ3v) is 3.88. The number of rotatable bonds is 5. The van der Waals surface area contributed by atoms with Crippen LogP contribution in [-0.2, 0) is 0 Å². The first-order valence-electron chi connectivity index (χ1n) is 6.32. The highest BCUT2D eigenvalue weighted by Crippen LogP contribution is 2.21. The van der Waals surface area contributed by atoms with Gasteiger partial charge in [-0.05, 0) is 56.4 Å². The number of allylic oxidation sites excluding steroid dienone is 5. The zero-order chi connectivity index (χ0) is 15.3. The van der Waals surface area contributed by atoms with E-state index in [2.05, 4.69) is 13.2 Å². The third-order valence-electron chi connectivity index (χ3n) is 2.57. The fourth-order valence-corrected chi connectivity index (χ4v) is 2.32. The van der Waals surface area contributed by atoms with Crippen molar-refractivity contribution in [3.05, 3.63) is 69.1 Å². The maximum absolute atomic E-state index is 6.18. The molecule has 0 aliphatic heterocycles. The molecule has 0 saturated heterocycles. The first kappa shape index (κ1) is 16.7. The Bertz CT molecular complexity index is 597. The monoisotopic (exact) mass is 305 g/mol. The van der Waals surface area contributed by atoms with Crippen LogP contribution in [0.25, 0.3) is 0 Å². The molecule has 0 N–H and O–H groups in total. The number of hydrogen-bond donors (Lipinski definition) is 0. The third kappa shape index (κ3) is 4.62. The molecular weight excluding hydrogens is 286 g/mol. The van der Waals surface area contributed by atoms with E-state index in [9.17, 15) is 0 Å². The van der Waals surface area contributed by atoms with E-state index in [1.165, 1.54) is 0 Å². The molecule has 3 heteroatoms. The van der Waals surface area contributed by atoms with Crippen LogP contribution in [0.1, 0.15) is 32.6 Å². The summed E-state index contributed by atoms with van der Waals surface area (Å²) >= 11 is 7.83. The maximum Gasteiger partial charge on any atom is 0.0832 e. The zero-order valence-electron chi connectivity index (χ0n) is 12.5. The molecule has 0 unspecified atom stereocenters. The van der Waals surface area contributed by atoms with Gasteiger partial charge in [-0.3, -0.25) is 0 Å². The molecular formula is C17H20ClNS. The second kappa shape index (κ2) is 7.41. The predicted octanol–water partition coefficient (Wildman–Crippen LogP) is 6.11. The van der Waals surface area contributed by atoms with Crippen molar-refractivity contribution >= 4 is 28.6 Å². The van der Waals surface area contributed by atoms with Gasteiger partial charge in [0.15, 0.2) is 0 Å². The summed E-state index contributed by atoms with van der Waals surface area (Å²) in [4.78, 5) is 5.85. The molecule has 0 amide bonds. The van der Waals surface area contributed by atoms with E-state index < -0.39 is 0 Å². The summed E-state index contributed by atoms with van der Waals surface area (Å²) in [6.07, 6.45) is 1.86. The Labute approximate surface area is 130 Å². The summed E-state index contributed by atoms with van der Waals surface area (Å²) in [5.74, 6) is 0. The molecule has 0 saturated carbocycles. The Balaban J connectivity index is 3.33. The van der Waals surface area contributed by atoms with E-state index in [1.54, 1.807) is 11.3 Å². The van der Waals surface area contributed by atoms with Gasteiger partial charge in [-0.15, -0.1) is 11.3 Å². The molecule has 0 spiro atoms. The van der Waals surface area contributed by atoms with Gasteiger partial charge in [0.05, 0.1) is 16.3 Å². The van der Waals surface area contributed by atoms with Gasteiger partial charge in [-0.2, -0.15) is 0 Å². The number of nitrogens with zero attached hydrogens (tertiary/aromatic N) is 1. The lowest BCUT2D eigenvalue weighted by Crippen LogP contribution is -2.00. The predicted molar refractivity (Wildman–Crippen MR) is 92.8 cm³/mol. The molecule has 20 heavy (non-hydrogen) atoms. The molecule has 0 aromatic carbocycles. The van der Waals surface area contributed by atoms with E-state index in [4.69, 9.17) is 16.6 Å². The second-order valence-electron chi connectivity index (χ2n) is 4.88. The van der Waals surface area contributed by atoms with Crippen LogP contribution in [0.2, 0.25) is 0 Å². The van der Waals surface area contributed by atoms with E-state index in [0.717, 1.165) is 33.0 Å². The van der Waals surface area contributed by atoms with Gasteiger partial charge in [-0.25, -0.2) is 4.99 Å². The summed E-state index contributed by atoms with van der Waals surface area (Å²) < 4.78 is 0. The molecule has 106 valence electrons. The molecule has 1 aromatic rings. The van der Waals surface area contributed by atoms with E-state index in [1.807, 2.05) is 51.3 Å². The van der Waals surface area contributed by atoms with Crippen LogP contribution in [-0.4, -0.2) is 5.71 Å². The normalized spacial score (nSPS) is 12.2. The van der Waals surface area contributed by atoms with Crippen molar-refractivity contribution in [2.45, 2.75) is 27.7 Å². The minimum absolute atomic E-state index is 0.622. The Morgan fingerprint density at radius 2 is 1.85 bits per heavy atom. The van der Waals surface area contributed by atoms with Gasteiger partial charge in [0.1, 0.15) is 0 Å². The fourth-order valence-electron chi connectivity index (χ4n) is 1.43. The van der Waals surface area contributed by atoms with Crippen molar-refractivity contribution in [1.82, 2.24) is 0 Å². The fraction of sp³-hybridized carbons (Fsp3) is 0.235. The van der Waals surface area contributed by atoms with Crippen LogP contribution in [0.4, 0.5) is 0 Å². The SMILES string of the molecule is C=C(C)C(=NC(/C=C(/Cl)C(=C)C)=C(C)C)c1cccs1.